The fraction of sp³-hybridized carbons (Fsp3) is 0.364. The number of nitrogens with zero attached hydrogens (tertiary/aromatic N) is 1. The predicted octanol–water partition coefficient (Wildman–Crippen LogP) is 0.0460. The molecular formula is C11H14N2O4. The SMILES string of the molecule is CCC(=CCn1[nH]c(=O)ccc1=O)C(=O)OC. The standard InChI is InChI=1S/C11H14N2O4/c1-3-8(11(16)17-2)6-7-13-10(15)5-4-9(14)12-13/h4-6H,3,7H2,1-2H3,(H,12,14). The summed E-state index contributed by atoms with van der Waals surface area (Å²) < 4.78 is 5.71. The van der Waals surface area contributed by atoms with Crippen LogP contribution >= 0.6 is 0 Å². The number of esters is 1. The highest BCUT2D eigenvalue weighted by Crippen LogP contribution is 2.02. The molecule has 0 saturated carbocycles. The van der Waals surface area contributed by atoms with Gasteiger partial charge in [-0.1, -0.05) is 13.0 Å². The summed E-state index contributed by atoms with van der Waals surface area (Å²) in [7, 11) is 1.29. The number of methoxy groups -OCH3 is 1. The maximum absolute atomic E-state index is 11.4. The van der Waals surface area contributed by atoms with Gasteiger partial charge in [-0.25, -0.2) is 9.48 Å². The van der Waals surface area contributed by atoms with Crippen LogP contribution in [0.15, 0.2) is 33.4 Å². The molecule has 0 aliphatic carbocycles. The summed E-state index contributed by atoms with van der Waals surface area (Å²) in [5, 5.41) is 2.36. The molecule has 0 amide bonds. The van der Waals surface area contributed by atoms with E-state index in [1.165, 1.54) is 13.2 Å². The van der Waals surface area contributed by atoms with Crippen LogP contribution in [0.3, 0.4) is 0 Å². The van der Waals surface area contributed by atoms with Gasteiger partial charge in [-0.05, 0) is 6.42 Å². The molecule has 0 bridgehead atoms. The van der Waals surface area contributed by atoms with E-state index < -0.39 is 5.97 Å². The second kappa shape index (κ2) is 5.83. The van der Waals surface area contributed by atoms with E-state index in [-0.39, 0.29) is 17.7 Å². The van der Waals surface area contributed by atoms with Gasteiger partial charge in [0.15, 0.2) is 0 Å². The largest absolute Gasteiger partial charge is 0.466 e. The van der Waals surface area contributed by atoms with E-state index in [9.17, 15) is 14.4 Å². The van der Waals surface area contributed by atoms with Crippen molar-refractivity contribution in [1.29, 1.82) is 0 Å². The van der Waals surface area contributed by atoms with Crippen molar-refractivity contribution in [2.45, 2.75) is 19.9 Å². The highest BCUT2D eigenvalue weighted by Gasteiger charge is 2.06. The molecule has 1 heterocycles. The number of carbonyl (C=O) groups is 1. The lowest BCUT2D eigenvalue weighted by Gasteiger charge is -2.04. The summed E-state index contributed by atoms with van der Waals surface area (Å²) in [5.74, 6) is -0.432. The number of rotatable bonds is 4. The number of allylic oxidation sites excluding steroid dienone is 1. The van der Waals surface area contributed by atoms with Gasteiger partial charge in [0.25, 0.3) is 11.1 Å². The van der Waals surface area contributed by atoms with Gasteiger partial charge in [-0.15, -0.1) is 0 Å². The maximum Gasteiger partial charge on any atom is 0.333 e. The van der Waals surface area contributed by atoms with Crippen molar-refractivity contribution in [2.75, 3.05) is 7.11 Å². The van der Waals surface area contributed by atoms with Crippen LogP contribution in [0.4, 0.5) is 0 Å². The van der Waals surface area contributed by atoms with E-state index in [2.05, 4.69) is 9.84 Å². The Balaban J connectivity index is 2.95. The molecule has 0 saturated heterocycles. The van der Waals surface area contributed by atoms with Gasteiger partial charge in [0.05, 0.1) is 13.7 Å². The molecule has 0 atom stereocenters. The second-order valence-electron chi connectivity index (χ2n) is 3.33. The molecule has 1 N–H and O–H groups in total. The molecule has 17 heavy (non-hydrogen) atoms. The minimum absolute atomic E-state index is 0.132. The Morgan fingerprint density at radius 2 is 2.18 bits per heavy atom. The number of hydrogen-bond acceptors (Lipinski definition) is 4. The van der Waals surface area contributed by atoms with Crippen molar-refractivity contribution in [2.24, 2.45) is 0 Å². The van der Waals surface area contributed by atoms with Crippen LogP contribution in [-0.2, 0) is 16.1 Å². The van der Waals surface area contributed by atoms with Crippen molar-refractivity contribution < 1.29 is 9.53 Å². The van der Waals surface area contributed by atoms with Crippen LogP contribution in [0.5, 0.6) is 0 Å². The summed E-state index contributed by atoms with van der Waals surface area (Å²) in [6.07, 6.45) is 2.06. The number of aromatic amines is 1. The third kappa shape index (κ3) is 3.44. The number of H-pyrrole nitrogens is 1. The molecule has 6 nitrogen and oxygen atoms in total. The highest BCUT2D eigenvalue weighted by atomic mass is 16.5. The minimum atomic E-state index is -0.432. The molecule has 1 rings (SSSR count). The number of carbonyl (C=O) groups excluding carboxylic acids is 1. The van der Waals surface area contributed by atoms with E-state index >= 15 is 0 Å². The molecular weight excluding hydrogens is 224 g/mol. The molecule has 0 radical (unpaired) electrons. The number of ether oxygens (including phenoxy) is 1. The van der Waals surface area contributed by atoms with Gasteiger partial charge in [0, 0.05) is 17.7 Å². The van der Waals surface area contributed by atoms with Crippen molar-refractivity contribution in [3.63, 3.8) is 0 Å². The van der Waals surface area contributed by atoms with E-state index in [4.69, 9.17) is 0 Å². The summed E-state index contributed by atoms with van der Waals surface area (Å²) in [4.78, 5) is 33.6. The zero-order valence-corrected chi connectivity index (χ0v) is 9.73. The van der Waals surface area contributed by atoms with Gasteiger partial charge < -0.3 is 4.74 Å². The molecule has 0 aromatic carbocycles. The lowest BCUT2D eigenvalue weighted by molar-refractivity contribution is -0.136. The molecule has 92 valence electrons. The number of hydrogen-bond donors (Lipinski definition) is 1. The summed E-state index contributed by atoms with van der Waals surface area (Å²) in [5.41, 5.74) is -0.237. The first kappa shape index (κ1) is 13.0. The predicted molar refractivity (Wildman–Crippen MR) is 61.7 cm³/mol. The third-order valence-corrected chi connectivity index (χ3v) is 2.24. The average Bonchev–Trinajstić information content (AvgIpc) is 2.33. The first-order valence-electron chi connectivity index (χ1n) is 5.16. The van der Waals surface area contributed by atoms with Gasteiger partial charge >= 0.3 is 5.97 Å². The first-order chi connectivity index (χ1) is 8.08. The minimum Gasteiger partial charge on any atom is -0.466 e. The Hall–Kier alpha value is -2.11. The molecule has 0 aliphatic heterocycles. The smallest absolute Gasteiger partial charge is 0.333 e. The van der Waals surface area contributed by atoms with Crippen molar-refractivity contribution in [1.82, 2.24) is 9.78 Å². The fourth-order valence-corrected chi connectivity index (χ4v) is 1.30. The second-order valence-corrected chi connectivity index (χ2v) is 3.33. The highest BCUT2D eigenvalue weighted by molar-refractivity contribution is 5.88. The summed E-state index contributed by atoms with van der Waals surface area (Å²) in [6.45, 7) is 1.94. The first-order valence-corrected chi connectivity index (χ1v) is 5.16. The van der Waals surface area contributed by atoms with Crippen LogP contribution in [-0.4, -0.2) is 22.9 Å². The van der Waals surface area contributed by atoms with Crippen LogP contribution in [0.1, 0.15) is 13.3 Å². The molecule has 0 spiro atoms. The zero-order chi connectivity index (χ0) is 12.8. The Morgan fingerprint density at radius 1 is 1.47 bits per heavy atom. The number of aromatic nitrogens is 2. The molecule has 6 heteroatoms. The maximum atomic E-state index is 11.4. The Bertz CT molecular complexity index is 539. The average molecular weight is 238 g/mol. The monoisotopic (exact) mass is 238 g/mol. The van der Waals surface area contributed by atoms with Gasteiger partial charge in [-0.2, -0.15) is 0 Å². The normalized spacial score (nSPS) is 11.3. The fourth-order valence-electron chi connectivity index (χ4n) is 1.30. The van der Waals surface area contributed by atoms with E-state index in [1.54, 1.807) is 13.0 Å². The third-order valence-electron chi connectivity index (χ3n) is 2.24. The van der Waals surface area contributed by atoms with Crippen LogP contribution in [0, 0.1) is 0 Å². The summed E-state index contributed by atoms with van der Waals surface area (Å²) >= 11 is 0. The van der Waals surface area contributed by atoms with Crippen molar-refractivity contribution in [3.8, 4) is 0 Å². The lowest BCUT2D eigenvalue weighted by atomic mass is 10.2. The zero-order valence-electron chi connectivity index (χ0n) is 9.73. The molecule has 1 aromatic heterocycles. The van der Waals surface area contributed by atoms with Crippen molar-refractivity contribution >= 4 is 5.97 Å². The Labute approximate surface area is 97.5 Å². The topological polar surface area (TPSA) is 81.2 Å². The van der Waals surface area contributed by atoms with Gasteiger partial charge in [0.1, 0.15) is 0 Å². The van der Waals surface area contributed by atoms with E-state index in [0.29, 0.717) is 12.0 Å². The van der Waals surface area contributed by atoms with E-state index in [1.807, 2.05) is 0 Å². The quantitative estimate of drug-likeness (QED) is 0.593. The Morgan fingerprint density at radius 3 is 2.76 bits per heavy atom. The number of nitrogens with one attached hydrogen (secondary N) is 1. The van der Waals surface area contributed by atoms with E-state index in [0.717, 1.165) is 10.7 Å². The molecule has 0 aliphatic rings. The van der Waals surface area contributed by atoms with Crippen molar-refractivity contribution in [3.05, 3.63) is 44.5 Å². The van der Waals surface area contributed by atoms with Crippen LogP contribution in [0.2, 0.25) is 0 Å². The molecule has 0 fully saturated rings. The van der Waals surface area contributed by atoms with Crippen LogP contribution in [0.25, 0.3) is 0 Å². The molecule has 1 aromatic rings. The molecule has 0 unspecified atom stereocenters. The summed E-state index contributed by atoms with van der Waals surface area (Å²) in [6, 6.07) is 2.33. The lowest BCUT2D eigenvalue weighted by Crippen LogP contribution is -2.27. The van der Waals surface area contributed by atoms with Gasteiger partial charge in [-0.3, -0.25) is 14.7 Å². The Kier molecular flexibility index (Phi) is 4.45. The van der Waals surface area contributed by atoms with Gasteiger partial charge in [0.2, 0.25) is 0 Å². The van der Waals surface area contributed by atoms with Crippen LogP contribution < -0.4 is 11.1 Å².